The fourth-order valence-corrected chi connectivity index (χ4v) is 2.58. The standard InChI is InChI=1S/C22H20N2O2/c1-16-6-5-9-20(14-16)24-22(26)19-12-10-18(11-13-19)21(25)23-15-17-7-3-2-4-8-17/h2-14H,15H2,1H3,(H,23,25)(H,24,26). The van der Waals surface area contributed by atoms with E-state index in [4.69, 9.17) is 0 Å². The number of amides is 2. The molecule has 3 aromatic carbocycles. The van der Waals surface area contributed by atoms with Crippen molar-refractivity contribution in [3.8, 4) is 0 Å². The second kappa shape index (κ2) is 8.12. The quantitative estimate of drug-likeness (QED) is 0.729. The first-order valence-corrected chi connectivity index (χ1v) is 8.42. The Bertz CT molecular complexity index is 903. The van der Waals surface area contributed by atoms with Crippen molar-refractivity contribution in [3.05, 3.63) is 101 Å². The maximum atomic E-state index is 12.3. The highest BCUT2D eigenvalue weighted by atomic mass is 16.2. The molecule has 130 valence electrons. The lowest BCUT2D eigenvalue weighted by atomic mass is 10.1. The van der Waals surface area contributed by atoms with E-state index in [-0.39, 0.29) is 11.8 Å². The maximum absolute atomic E-state index is 12.3. The van der Waals surface area contributed by atoms with Crippen LogP contribution >= 0.6 is 0 Å². The third kappa shape index (κ3) is 4.57. The van der Waals surface area contributed by atoms with E-state index < -0.39 is 0 Å². The van der Waals surface area contributed by atoms with Gasteiger partial charge in [0.1, 0.15) is 0 Å². The normalized spacial score (nSPS) is 10.2. The average molecular weight is 344 g/mol. The Morgan fingerprint density at radius 3 is 2.08 bits per heavy atom. The van der Waals surface area contributed by atoms with E-state index >= 15 is 0 Å². The molecule has 0 unspecified atom stereocenters. The summed E-state index contributed by atoms with van der Waals surface area (Å²) in [7, 11) is 0. The molecule has 0 fully saturated rings. The Kier molecular flexibility index (Phi) is 5.44. The molecule has 2 N–H and O–H groups in total. The highest BCUT2D eigenvalue weighted by Crippen LogP contribution is 2.12. The second-order valence-corrected chi connectivity index (χ2v) is 6.07. The molecule has 0 atom stereocenters. The van der Waals surface area contributed by atoms with E-state index in [9.17, 15) is 9.59 Å². The first-order valence-electron chi connectivity index (χ1n) is 8.42. The Morgan fingerprint density at radius 2 is 1.42 bits per heavy atom. The molecular formula is C22H20N2O2. The molecule has 0 aromatic heterocycles. The van der Waals surface area contributed by atoms with E-state index in [1.807, 2.05) is 61.5 Å². The van der Waals surface area contributed by atoms with Gasteiger partial charge in [0.15, 0.2) is 0 Å². The highest BCUT2D eigenvalue weighted by molar-refractivity contribution is 6.05. The maximum Gasteiger partial charge on any atom is 0.255 e. The second-order valence-electron chi connectivity index (χ2n) is 6.07. The number of hydrogen-bond donors (Lipinski definition) is 2. The molecule has 26 heavy (non-hydrogen) atoms. The van der Waals surface area contributed by atoms with Gasteiger partial charge in [-0.1, -0.05) is 42.5 Å². The smallest absolute Gasteiger partial charge is 0.255 e. The van der Waals surface area contributed by atoms with Gasteiger partial charge in [0.25, 0.3) is 11.8 Å². The summed E-state index contributed by atoms with van der Waals surface area (Å²) in [5.41, 5.74) is 3.89. The van der Waals surface area contributed by atoms with Crippen molar-refractivity contribution >= 4 is 17.5 Å². The molecule has 0 saturated heterocycles. The number of rotatable bonds is 5. The molecule has 0 heterocycles. The average Bonchev–Trinajstić information content (AvgIpc) is 2.67. The zero-order valence-corrected chi connectivity index (χ0v) is 14.5. The van der Waals surface area contributed by atoms with Gasteiger partial charge >= 0.3 is 0 Å². The minimum Gasteiger partial charge on any atom is -0.348 e. The minimum absolute atomic E-state index is 0.167. The van der Waals surface area contributed by atoms with E-state index in [0.717, 1.165) is 16.8 Å². The molecule has 4 heteroatoms. The van der Waals surface area contributed by atoms with Crippen molar-refractivity contribution in [1.82, 2.24) is 5.32 Å². The summed E-state index contributed by atoms with van der Waals surface area (Å²) in [6, 6.07) is 24.0. The summed E-state index contributed by atoms with van der Waals surface area (Å²) < 4.78 is 0. The van der Waals surface area contributed by atoms with Crippen LogP contribution < -0.4 is 10.6 Å². The van der Waals surface area contributed by atoms with Crippen LogP contribution in [0, 0.1) is 6.92 Å². The van der Waals surface area contributed by atoms with Crippen LogP contribution in [0.2, 0.25) is 0 Å². The van der Waals surface area contributed by atoms with Gasteiger partial charge in [-0.05, 0) is 54.4 Å². The van der Waals surface area contributed by atoms with Crippen molar-refractivity contribution in [3.63, 3.8) is 0 Å². The molecule has 0 saturated carbocycles. The van der Waals surface area contributed by atoms with Gasteiger partial charge in [-0.2, -0.15) is 0 Å². The Balaban J connectivity index is 1.60. The SMILES string of the molecule is Cc1cccc(NC(=O)c2ccc(C(=O)NCc3ccccc3)cc2)c1. The van der Waals surface area contributed by atoms with Crippen LogP contribution in [-0.4, -0.2) is 11.8 Å². The van der Waals surface area contributed by atoms with E-state index in [1.54, 1.807) is 24.3 Å². The molecule has 3 aromatic rings. The molecule has 0 aliphatic carbocycles. The number of aryl methyl sites for hydroxylation is 1. The fraction of sp³-hybridized carbons (Fsp3) is 0.0909. The number of benzene rings is 3. The molecule has 0 radical (unpaired) electrons. The lowest BCUT2D eigenvalue weighted by Crippen LogP contribution is -2.22. The summed E-state index contributed by atoms with van der Waals surface area (Å²) in [6.45, 7) is 2.44. The zero-order valence-electron chi connectivity index (χ0n) is 14.5. The minimum atomic E-state index is -0.202. The van der Waals surface area contributed by atoms with Gasteiger partial charge < -0.3 is 10.6 Å². The van der Waals surface area contributed by atoms with Gasteiger partial charge in [-0.25, -0.2) is 0 Å². The summed E-state index contributed by atoms with van der Waals surface area (Å²) in [5.74, 6) is -0.369. The Labute approximate surface area is 152 Å². The van der Waals surface area contributed by atoms with E-state index in [2.05, 4.69) is 10.6 Å². The number of hydrogen-bond acceptors (Lipinski definition) is 2. The van der Waals surface area contributed by atoms with Crippen molar-refractivity contribution < 1.29 is 9.59 Å². The number of anilines is 1. The summed E-state index contributed by atoms with van der Waals surface area (Å²) >= 11 is 0. The Hall–Kier alpha value is -3.40. The summed E-state index contributed by atoms with van der Waals surface area (Å²) in [4.78, 5) is 24.5. The molecule has 3 rings (SSSR count). The molecule has 4 nitrogen and oxygen atoms in total. The van der Waals surface area contributed by atoms with Crippen LogP contribution in [0.15, 0.2) is 78.9 Å². The van der Waals surface area contributed by atoms with Crippen molar-refractivity contribution in [1.29, 1.82) is 0 Å². The predicted octanol–water partition coefficient (Wildman–Crippen LogP) is 4.18. The van der Waals surface area contributed by atoms with Gasteiger partial charge in [0.05, 0.1) is 0 Å². The first kappa shape index (κ1) is 17.4. The van der Waals surface area contributed by atoms with Gasteiger partial charge in [-0.3, -0.25) is 9.59 Å². The first-order chi connectivity index (χ1) is 12.6. The zero-order chi connectivity index (χ0) is 18.4. The predicted molar refractivity (Wildman–Crippen MR) is 103 cm³/mol. The van der Waals surface area contributed by atoms with Gasteiger partial charge in [0.2, 0.25) is 0 Å². The van der Waals surface area contributed by atoms with Gasteiger partial charge in [-0.15, -0.1) is 0 Å². The lowest BCUT2D eigenvalue weighted by molar-refractivity contribution is 0.0949. The monoisotopic (exact) mass is 344 g/mol. The topological polar surface area (TPSA) is 58.2 Å². The molecule has 0 bridgehead atoms. The molecule has 0 spiro atoms. The molecule has 2 amide bonds. The molecule has 0 aliphatic rings. The van der Waals surface area contributed by atoms with Crippen molar-refractivity contribution in [2.24, 2.45) is 0 Å². The van der Waals surface area contributed by atoms with Crippen LogP contribution in [0.25, 0.3) is 0 Å². The van der Waals surface area contributed by atoms with E-state index in [1.165, 1.54) is 0 Å². The van der Waals surface area contributed by atoms with Crippen LogP contribution in [0.5, 0.6) is 0 Å². The lowest BCUT2D eigenvalue weighted by Gasteiger charge is -2.08. The molecular weight excluding hydrogens is 324 g/mol. The number of carbonyl (C=O) groups is 2. The summed E-state index contributed by atoms with van der Waals surface area (Å²) in [5, 5.41) is 5.73. The number of carbonyl (C=O) groups excluding carboxylic acids is 2. The van der Waals surface area contributed by atoms with Crippen molar-refractivity contribution in [2.45, 2.75) is 13.5 Å². The fourth-order valence-electron chi connectivity index (χ4n) is 2.58. The van der Waals surface area contributed by atoms with Crippen LogP contribution in [0.4, 0.5) is 5.69 Å². The highest BCUT2D eigenvalue weighted by Gasteiger charge is 2.09. The van der Waals surface area contributed by atoms with Crippen LogP contribution in [0.3, 0.4) is 0 Å². The van der Waals surface area contributed by atoms with E-state index in [0.29, 0.717) is 17.7 Å². The van der Waals surface area contributed by atoms with Crippen LogP contribution in [-0.2, 0) is 6.54 Å². The third-order valence-corrected chi connectivity index (χ3v) is 3.98. The Morgan fingerprint density at radius 1 is 0.769 bits per heavy atom. The third-order valence-electron chi connectivity index (χ3n) is 3.98. The summed E-state index contributed by atoms with van der Waals surface area (Å²) in [6.07, 6.45) is 0. The van der Waals surface area contributed by atoms with Crippen molar-refractivity contribution in [2.75, 3.05) is 5.32 Å². The molecule has 0 aliphatic heterocycles. The van der Waals surface area contributed by atoms with Gasteiger partial charge in [0, 0.05) is 23.4 Å². The number of nitrogens with one attached hydrogen (secondary N) is 2. The largest absolute Gasteiger partial charge is 0.348 e. The van der Waals surface area contributed by atoms with Crippen LogP contribution in [0.1, 0.15) is 31.8 Å².